The van der Waals surface area contributed by atoms with Crippen molar-refractivity contribution in [3.05, 3.63) is 82.7 Å². The minimum atomic E-state index is -0.490. The number of carbonyl (C=O) groups excluding carboxylic acids is 2. The summed E-state index contributed by atoms with van der Waals surface area (Å²) >= 11 is 1.08. The lowest BCUT2D eigenvalue weighted by atomic mass is 10.1. The lowest BCUT2D eigenvalue weighted by Crippen LogP contribution is -2.17. The number of carbonyl (C=O) groups is 2. The maximum Gasteiger partial charge on any atom is 0.350 e. The maximum absolute atomic E-state index is 13.1. The molecule has 1 aromatic carbocycles. The van der Waals surface area contributed by atoms with Crippen LogP contribution in [-0.2, 0) is 11.3 Å². The number of benzene rings is 1. The second-order valence-corrected chi connectivity index (χ2v) is 7.99. The molecule has 3 aromatic heterocycles. The second-order valence-electron chi connectivity index (χ2n) is 6.99. The van der Waals surface area contributed by atoms with Gasteiger partial charge in [-0.25, -0.2) is 9.78 Å². The number of esters is 1. The molecule has 0 saturated carbocycles. The molecule has 0 fully saturated rings. The number of aryl methyl sites for hydroxylation is 2. The fourth-order valence-corrected chi connectivity index (χ4v) is 4.15. The van der Waals surface area contributed by atoms with Crippen LogP contribution < -0.4 is 5.32 Å². The monoisotopic (exact) mass is 435 g/mol. The highest BCUT2D eigenvalue weighted by Crippen LogP contribution is 2.27. The van der Waals surface area contributed by atoms with Crippen molar-refractivity contribution in [2.24, 2.45) is 0 Å². The Kier molecular flexibility index (Phi) is 5.73. The number of fused-ring (bicyclic) bond motifs is 1. The van der Waals surface area contributed by atoms with Gasteiger partial charge >= 0.3 is 5.97 Å². The zero-order chi connectivity index (χ0) is 22.0. The summed E-state index contributed by atoms with van der Waals surface area (Å²) in [5.74, 6) is -0.824. The Hall–Kier alpha value is -3.65. The van der Waals surface area contributed by atoms with E-state index in [1.54, 1.807) is 19.3 Å². The van der Waals surface area contributed by atoms with Gasteiger partial charge in [-0.2, -0.15) is 0 Å². The zero-order valence-corrected chi connectivity index (χ0v) is 18.0. The summed E-state index contributed by atoms with van der Waals surface area (Å²) in [5.41, 5.74) is 4.64. The number of furan rings is 1. The molecule has 0 radical (unpaired) electrons. The van der Waals surface area contributed by atoms with Crippen LogP contribution in [0.3, 0.4) is 0 Å². The Labute approximate surface area is 183 Å². The van der Waals surface area contributed by atoms with E-state index in [0.29, 0.717) is 33.5 Å². The molecule has 0 bridgehead atoms. The van der Waals surface area contributed by atoms with E-state index in [2.05, 4.69) is 16.9 Å². The van der Waals surface area contributed by atoms with Gasteiger partial charge in [-0.3, -0.25) is 10.1 Å². The van der Waals surface area contributed by atoms with Crippen molar-refractivity contribution in [1.82, 2.24) is 9.55 Å². The van der Waals surface area contributed by atoms with Crippen LogP contribution in [0.4, 0.5) is 5.13 Å². The molecular formula is C23H21N3O4S. The van der Waals surface area contributed by atoms with Crippen molar-refractivity contribution in [2.75, 3.05) is 11.9 Å². The van der Waals surface area contributed by atoms with E-state index in [-0.39, 0.29) is 12.5 Å². The fourth-order valence-electron chi connectivity index (χ4n) is 3.29. The van der Waals surface area contributed by atoms with Crippen molar-refractivity contribution < 1.29 is 18.7 Å². The Morgan fingerprint density at radius 2 is 2.10 bits per heavy atom. The van der Waals surface area contributed by atoms with Gasteiger partial charge in [0.25, 0.3) is 5.91 Å². The van der Waals surface area contributed by atoms with E-state index in [1.807, 2.05) is 41.8 Å². The summed E-state index contributed by atoms with van der Waals surface area (Å²) in [6, 6.07) is 11.6. The minimum absolute atomic E-state index is 0.114. The third-order valence-corrected chi connectivity index (χ3v) is 5.93. The quantitative estimate of drug-likeness (QED) is 0.328. The van der Waals surface area contributed by atoms with E-state index in [4.69, 9.17) is 9.15 Å². The van der Waals surface area contributed by atoms with Gasteiger partial charge in [-0.05, 0) is 25.0 Å². The molecule has 4 aromatic rings. The lowest BCUT2D eigenvalue weighted by molar-refractivity contribution is 0.0554. The molecular weight excluding hydrogens is 414 g/mol. The number of amides is 1. The van der Waals surface area contributed by atoms with E-state index in [0.717, 1.165) is 28.0 Å². The van der Waals surface area contributed by atoms with Gasteiger partial charge in [0.15, 0.2) is 10.7 Å². The molecule has 0 unspecified atom stereocenters. The first kappa shape index (κ1) is 20.6. The SMILES string of the molecule is C=CCOC(=O)c1sc(NC(=O)c2cc3occc3n2Cc2ccccc2C)nc1C. The number of hydrogen-bond acceptors (Lipinski definition) is 6. The van der Waals surface area contributed by atoms with Crippen LogP contribution in [0.15, 0.2) is 59.7 Å². The van der Waals surface area contributed by atoms with Crippen LogP contribution in [0, 0.1) is 13.8 Å². The summed E-state index contributed by atoms with van der Waals surface area (Å²) in [6.07, 6.45) is 3.10. The molecule has 0 aliphatic heterocycles. The molecule has 0 spiro atoms. The predicted octanol–water partition coefficient (Wildman–Crippen LogP) is 4.95. The number of rotatable bonds is 7. The molecule has 158 valence electrons. The first-order valence-electron chi connectivity index (χ1n) is 9.66. The molecule has 0 aliphatic rings. The van der Waals surface area contributed by atoms with Crippen molar-refractivity contribution in [1.29, 1.82) is 0 Å². The van der Waals surface area contributed by atoms with Gasteiger partial charge in [0.2, 0.25) is 0 Å². The summed E-state index contributed by atoms with van der Waals surface area (Å²) in [5, 5.41) is 3.13. The molecule has 31 heavy (non-hydrogen) atoms. The molecule has 8 heteroatoms. The fraction of sp³-hybridized carbons (Fsp3) is 0.174. The third kappa shape index (κ3) is 4.15. The number of nitrogens with zero attached hydrogens (tertiary/aromatic N) is 2. The van der Waals surface area contributed by atoms with Gasteiger partial charge in [0.05, 0.1) is 17.5 Å². The number of nitrogens with one attached hydrogen (secondary N) is 1. The average Bonchev–Trinajstić information content (AvgIpc) is 3.43. The van der Waals surface area contributed by atoms with Crippen LogP contribution in [0.25, 0.3) is 11.1 Å². The third-order valence-electron chi connectivity index (χ3n) is 4.88. The van der Waals surface area contributed by atoms with Crippen LogP contribution in [0.2, 0.25) is 0 Å². The van der Waals surface area contributed by atoms with Crippen molar-refractivity contribution in [3.63, 3.8) is 0 Å². The normalized spacial score (nSPS) is 10.9. The van der Waals surface area contributed by atoms with E-state index in [1.165, 1.54) is 6.08 Å². The number of thiazole rings is 1. The highest BCUT2D eigenvalue weighted by Gasteiger charge is 2.22. The topological polar surface area (TPSA) is 86.4 Å². The predicted molar refractivity (Wildman–Crippen MR) is 120 cm³/mol. The highest BCUT2D eigenvalue weighted by molar-refractivity contribution is 7.17. The minimum Gasteiger partial charge on any atom is -0.463 e. The van der Waals surface area contributed by atoms with Crippen molar-refractivity contribution in [3.8, 4) is 0 Å². The van der Waals surface area contributed by atoms with Crippen LogP contribution in [0.1, 0.15) is 37.0 Å². The number of ether oxygens (including phenoxy) is 1. The van der Waals surface area contributed by atoms with Gasteiger partial charge in [0, 0.05) is 18.7 Å². The van der Waals surface area contributed by atoms with Crippen LogP contribution in [-0.4, -0.2) is 28.0 Å². The van der Waals surface area contributed by atoms with Crippen molar-refractivity contribution >= 4 is 39.4 Å². The molecule has 0 saturated heterocycles. The highest BCUT2D eigenvalue weighted by atomic mass is 32.1. The lowest BCUT2D eigenvalue weighted by Gasteiger charge is -2.11. The van der Waals surface area contributed by atoms with Gasteiger partial charge < -0.3 is 13.7 Å². The molecule has 4 rings (SSSR count). The number of aromatic nitrogens is 2. The smallest absolute Gasteiger partial charge is 0.350 e. The number of anilines is 1. The summed E-state index contributed by atoms with van der Waals surface area (Å²) in [6.45, 7) is 7.90. The van der Waals surface area contributed by atoms with Gasteiger partial charge in [0.1, 0.15) is 17.2 Å². The Morgan fingerprint density at radius 3 is 2.87 bits per heavy atom. The molecule has 0 atom stereocenters. The molecule has 3 heterocycles. The van der Waals surface area contributed by atoms with Crippen LogP contribution in [0.5, 0.6) is 0 Å². The Bertz CT molecular complexity index is 1280. The van der Waals surface area contributed by atoms with E-state index >= 15 is 0 Å². The average molecular weight is 436 g/mol. The standard InChI is InChI=1S/C23H21N3O4S/c1-4-10-30-22(28)20-15(3)24-23(31-20)25-21(27)18-12-19-17(9-11-29-19)26(18)13-16-8-6-5-7-14(16)2/h4-9,11-12H,1,10,13H2,2-3H3,(H,24,25,27). The Morgan fingerprint density at radius 1 is 1.29 bits per heavy atom. The first-order valence-corrected chi connectivity index (χ1v) is 10.5. The largest absolute Gasteiger partial charge is 0.463 e. The summed E-state index contributed by atoms with van der Waals surface area (Å²) in [4.78, 5) is 29.9. The van der Waals surface area contributed by atoms with Crippen molar-refractivity contribution in [2.45, 2.75) is 20.4 Å². The van der Waals surface area contributed by atoms with Crippen LogP contribution >= 0.6 is 11.3 Å². The number of hydrogen-bond donors (Lipinski definition) is 1. The second kappa shape index (κ2) is 8.61. The molecule has 0 aliphatic carbocycles. The molecule has 1 amide bonds. The van der Waals surface area contributed by atoms with Gasteiger partial charge in [-0.1, -0.05) is 48.3 Å². The summed E-state index contributed by atoms with van der Waals surface area (Å²) < 4.78 is 12.5. The first-order chi connectivity index (χ1) is 15.0. The molecule has 1 N–H and O–H groups in total. The Balaban J connectivity index is 1.62. The van der Waals surface area contributed by atoms with E-state index in [9.17, 15) is 9.59 Å². The van der Waals surface area contributed by atoms with Gasteiger partial charge in [-0.15, -0.1) is 0 Å². The zero-order valence-electron chi connectivity index (χ0n) is 17.2. The summed E-state index contributed by atoms with van der Waals surface area (Å²) in [7, 11) is 0. The molecule has 7 nitrogen and oxygen atoms in total. The van der Waals surface area contributed by atoms with E-state index < -0.39 is 5.97 Å². The maximum atomic E-state index is 13.1.